The third kappa shape index (κ3) is 4.38. The maximum absolute atomic E-state index is 13.1. The summed E-state index contributed by atoms with van der Waals surface area (Å²) in [5, 5.41) is 13.8. The summed E-state index contributed by atoms with van der Waals surface area (Å²) in [5.74, 6) is -1.32. The molecule has 1 fully saturated rings. The van der Waals surface area contributed by atoms with Crippen molar-refractivity contribution in [2.45, 2.75) is 19.4 Å². The van der Waals surface area contributed by atoms with Gasteiger partial charge in [0.2, 0.25) is 10.0 Å². The van der Waals surface area contributed by atoms with Gasteiger partial charge < -0.3 is 15.3 Å². The number of hydrogen-bond acceptors (Lipinski definition) is 7. The topological polar surface area (TPSA) is 133 Å². The fourth-order valence-electron chi connectivity index (χ4n) is 3.86. The van der Waals surface area contributed by atoms with Gasteiger partial charge in [-0.1, -0.05) is 18.2 Å². The zero-order valence-electron chi connectivity index (χ0n) is 18.9. The second kappa shape index (κ2) is 9.26. The van der Waals surface area contributed by atoms with E-state index in [1.807, 2.05) is 0 Å². The molecule has 2 amide bonds. The normalized spacial score (nSPS) is 15.2. The SMILES string of the molecule is CN(C)C(=O)c1ccccc1CNC(=O)c1nc(N2CCCCS2(=O)=O)c2cccnc2c1O. The number of benzene rings is 1. The zero-order valence-corrected chi connectivity index (χ0v) is 19.7. The number of anilines is 1. The number of carbonyl (C=O) groups is 2. The van der Waals surface area contributed by atoms with Gasteiger partial charge in [0.05, 0.1) is 5.75 Å². The van der Waals surface area contributed by atoms with Crippen LogP contribution in [0.3, 0.4) is 0 Å². The van der Waals surface area contributed by atoms with Crippen LogP contribution in [0.4, 0.5) is 5.82 Å². The molecule has 0 spiro atoms. The lowest BCUT2D eigenvalue weighted by molar-refractivity contribution is 0.0824. The maximum Gasteiger partial charge on any atom is 0.274 e. The van der Waals surface area contributed by atoms with Crippen LogP contribution in [0.1, 0.15) is 39.3 Å². The lowest BCUT2D eigenvalue weighted by Crippen LogP contribution is -2.39. The zero-order chi connectivity index (χ0) is 24.5. The lowest BCUT2D eigenvalue weighted by atomic mass is 10.1. The third-order valence-electron chi connectivity index (χ3n) is 5.61. The molecule has 3 aromatic rings. The summed E-state index contributed by atoms with van der Waals surface area (Å²) in [7, 11) is -0.341. The van der Waals surface area contributed by atoms with Crippen LogP contribution in [0.2, 0.25) is 0 Å². The van der Waals surface area contributed by atoms with Crippen LogP contribution in [0, 0.1) is 0 Å². The summed E-state index contributed by atoms with van der Waals surface area (Å²) in [6, 6.07) is 10.1. The maximum atomic E-state index is 13.1. The van der Waals surface area contributed by atoms with Crippen molar-refractivity contribution in [1.29, 1.82) is 0 Å². The van der Waals surface area contributed by atoms with E-state index < -0.39 is 21.7 Å². The molecule has 11 heteroatoms. The van der Waals surface area contributed by atoms with Crippen LogP contribution in [0.25, 0.3) is 10.9 Å². The molecule has 0 saturated carbocycles. The van der Waals surface area contributed by atoms with Crippen molar-refractivity contribution in [1.82, 2.24) is 20.2 Å². The number of amides is 2. The Morgan fingerprint density at radius 1 is 1.15 bits per heavy atom. The molecule has 10 nitrogen and oxygen atoms in total. The molecule has 3 heterocycles. The van der Waals surface area contributed by atoms with E-state index in [2.05, 4.69) is 15.3 Å². The average Bonchev–Trinajstić information content (AvgIpc) is 2.83. The molecule has 2 N–H and O–H groups in total. The Labute approximate surface area is 197 Å². The van der Waals surface area contributed by atoms with Crippen molar-refractivity contribution in [2.24, 2.45) is 0 Å². The largest absolute Gasteiger partial charge is 0.504 e. The minimum absolute atomic E-state index is 0.00725. The first-order chi connectivity index (χ1) is 16.2. The number of aromatic nitrogens is 2. The van der Waals surface area contributed by atoms with E-state index in [1.165, 1.54) is 15.4 Å². The Kier molecular flexibility index (Phi) is 6.38. The van der Waals surface area contributed by atoms with E-state index in [0.717, 1.165) is 0 Å². The van der Waals surface area contributed by atoms with E-state index in [1.54, 1.807) is 50.5 Å². The van der Waals surface area contributed by atoms with E-state index >= 15 is 0 Å². The fraction of sp³-hybridized carbons (Fsp3) is 0.304. The van der Waals surface area contributed by atoms with Gasteiger partial charge in [-0.2, -0.15) is 0 Å². The number of hydrogen-bond donors (Lipinski definition) is 2. The van der Waals surface area contributed by atoms with Crippen LogP contribution in [-0.2, 0) is 16.6 Å². The second-order valence-electron chi connectivity index (χ2n) is 8.17. The number of pyridine rings is 2. The van der Waals surface area contributed by atoms with Crippen LogP contribution in [0.15, 0.2) is 42.6 Å². The Morgan fingerprint density at radius 3 is 2.65 bits per heavy atom. The number of carbonyl (C=O) groups excluding carboxylic acids is 2. The first kappa shape index (κ1) is 23.4. The minimum Gasteiger partial charge on any atom is -0.504 e. The van der Waals surface area contributed by atoms with E-state index in [9.17, 15) is 23.1 Å². The minimum atomic E-state index is -3.61. The van der Waals surface area contributed by atoms with Crippen molar-refractivity contribution >= 4 is 38.6 Å². The number of fused-ring (bicyclic) bond motifs is 1. The predicted octanol–water partition coefficient (Wildman–Crippen LogP) is 1.90. The highest BCUT2D eigenvalue weighted by Crippen LogP contribution is 2.35. The fourth-order valence-corrected chi connectivity index (χ4v) is 5.46. The highest BCUT2D eigenvalue weighted by Gasteiger charge is 2.31. The molecule has 34 heavy (non-hydrogen) atoms. The Bertz CT molecular complexity index is 1370. The van der Waals surface area contributed by atoms with Gasteiger partial charge in [0.1, 0.15) is 5.52 Å². The number of sulfonamides is 1. The summed E-state index contributed by atoms with van der Waals surface area (Å²) in [6.07, 6.45) is 2.65. The summed E-state index contributed by atoms with van der Waals surface area (Å²) in [6.45, 7) is 0.235. The summed E-state index contributed by atoms with van der Waals surface area (Å²) < 4.78 is 26.6. The first-order valence-corrected chi connectivity index (χ1v) is 12.4. The Morgan fingerprint density at radius 2 is 1.91 bits per heavy atom. The lowest BCUT2D eigenvalue weighted by Gasteiger charge is -2.28. The van der Waals surface area contributed by atoms with Gasteiger partial charge in [0, 0.05) is 44.3 Å². The van der Waals surface area contributed by atoms with Gasteiger partial charge in [-0.3, -0.25) is 18.9 Å². The average molecular weight is 484 g/mol. The summed E-state index contributed by atoms with van der Waals surface area (Å²) in [4.78, 5) is 35.4. The molecule has 4 rings (SSSR count). The van der Waals surface area contributed by atoms with Crippen LogP contribution < -0.4 is 9.62 Å². The van der Waals surface area contributed by atoms with Gasteiger partial charge in [0.15, 0.2) is 17.3 Å². The molecular weight excluding hydrogens is 458 g/mol. The molecule has 1 saturated heterocycles. The quantitative estimate of drug-likeness (QED) is 0.566. The number of nitrogens with zero attached hydrogens (tertiary/aromatic N) is 4. The molecule has 1 aliphatic rings. The number of nitrogens with one attached hydrogen (secondary N) is 1. The molecule has 0 unspecified atom stereocenters. The Balaban J connectivity index is 1.71. The highest BCUT2D eigenvalue weighted by atomic mass is 32.2. The molecule has 0 atom stereocenters. The molecule has 0 bridgehead atoms. The smallest absolute Gasteiger partial charge is 0.274 e. The van der Waals surface area contributed by atoms with E-state index in [4.69, 9.17) is 0 Å². The Hall–Kier alpha value is -3.73. The molecule has 1 aromatic carbocycles. The molecule has 1 aliphatic heterocycles. The number of rotatable bonds is 5. The van der Waals surface area contributed by atoms with Crippen LogP contribution >= 0.6 is 0 Å². The van der Waals surface area contributed by atoms with Crippen molar-refractivity contribution in [3.63, 3.8) is 0 Å². The van der Waals surface area contributed by atoms with Gasteiger partial charge in [-0.15, -0.1) is 0 Å². The second-order valence-corrected chi connectivity index (χ2v) is 10.2. The first-order valence-electron chi connectivity index (χ1n) is 10.8. The molecular formula is C23H25N5O5S. The van der Waals surface area contributed by atoms with E-state index in [-0.39, 0.29) is 41.8 Å². The van der Waals surface area contributed by atoms with Crippen molar-refractivity contribution in [3.8, 4) is 5.75 Å². The van der Waals surface area contributed by atoms with Gasteiger partial charge in [0.25, 0.3) is 11.8 Å². The molecule has 0 aliphatic carbocycles. The summed E-state index contributed by atoms with van der Waals surface area (Å²) >= 11 is 0. The van der Waals surface area contributed by atoms with Gasteiger partial charge in [-0.05, 0) is 36.6 Å². The molecule has 178 valence electrons. The third-order valence-corrected chi connectivity index (χ3v) is 7.44. The van der Waals surface area contributed by atoms with Gasteiger partial charge in [-0.25, -0.2) is 13.4 Å². The van der Waals surface area contributed by atoms with Crippen molar-refractivity contribution < 1.29 is 23.1 Å². The monoisotopic (exact) mass is 483 g/mol. The standard InChI is InChI=1S/C23H25N5O5S/c1-27(2)23(31)16-9-4-3-8-15(16)14-25-22(30)19-20(29)18-17(10-7-11-24-18)21(26-19)28-12-5-6-13-34(28,32)33/h3-4,7-11,29H,5-6,12-14H2,1-2H3,(H,25,30). The summed E-state index contributed by atoms with van der Waals surface area (Å²) in [5.41, 5.74) is 0.775. The van der Waals surface area contributed by atoms with Gasteiger partial charge >= 0.3 is 0 Å². The highest BCUT2D eigenvalue weighted by molar-refractivity contribution is 7.92. The van der Waals surface area contributed by atoms with Crippen LogP contribution in [0.5, 0.6) is 5.75 Å². The predicted molar refractivity (Wildman–Crippen MR) is 127 cm³/mol. The van der Waals surface area contributed by atoms with Crippen molar-refractivity contribution in [3.05, 3.63) is 59.4 Å². The van der Waals surface area contributed by atoms with E-state index in [0.29, 0.717) is 29.4 Å². The van der Waals surface area contributed by atoms with Crippen molar-refractivity contribution in [2.75, 3.05) is 30.7 Å². The van der Waals surface area contributed by atoms with Crippen LogP contribution in [-0.4, -0.2) is 66.6 Å². The molecule has 0 radical (unpaired) electrons. The molecule has 2 aromatic heterocycles. The number of aromatic hydroxyl groups is 1.